The predicted molar refractivity (Wildman–Crippen MR) is 119 cm³/mol. The van der Waals surface area contributed by atoms with Crippen LogP contribution in [0, 0.1) is 16.7 Å². The fourth-order valence-corrected chi connectivity index (χ4v) is 6.02. The molecule has 4 nitrogen and oxygen atoms in total. The van der Waals surface area contributed by atoms with Gasteiger partial charge < -0.3 is 5.32 Å². The van der Waals surface area contributed by atoms with Gasteiger partial charge in [0.1, 0.15) is 0 Å². The topological polar surface area (TPSA) is 44.7 Å². The van der Waals surface area contributed by atoms with Crippen LogP contribution in [0.3, 0.4) is 0 Å². The van der Waals surface area contributed by atoms with E-state index in [9.17, 15) is 4.79 Å². The maximum atomic E-state index is 13.2. The van der Waals surface area contributed by atoms with Crippen LogP contribution in [0.1, 0.15) is 77.7 Å². The second-order valence-corrected chi connectivity index (χ2v) is 10.4. The van der Waals surface area contributed by atoms with Crippen LogP contribution in [0.4, 0.5) is 4.79 Å². The van der Waals surface area contributed by atoms with Crippen LogP contribution in [0.2, 0.25) is 5.02 Å². The van der Waals surface area contributed by atoms with Gasteiger partial charge in [-0.2, -0.15) is 5.10 Å². The average Bonchev–Trinajstić information content (AvgIpc) is 3.26. The lowest BCUT2D eigenvalue weighted by atomic mass is 9.69. The molecule has 29 heavy (non-hydrogen) atoms. The fraction of sp³-hybridized carbons (Fsp3) is 0.667. The number of nitrogens with one attached hydrogen (secondary N) is 1. The summed E-state index contributed by atoms with van der Waals surface area (Å²) in [6.45, 7) is 9.92. The van der Waals surface area contributed by atoms with Gasteiger partial charge in [-0.3, -0.25) is 0 Å². The van der Waals surface area contributed by atoms with E-state index in [4.69, 9.17) is 16.7 Å². The standard InChI is InChI=1S/C24H34ClN3O/c1-5-6-7-20-19(16-8-10-18(25)11-9-16)15-28(27-20)22(29)26-21-14-17-12-13-24(21,4)23(17,2)3/h8-11,17,19,21H,5-7,12-15H2,1-4H3,(H,26,29)/t17-,19?,21+,24+/m1/s1. The summed E-state index contributed by atoms with van der Waals surface area (Å²) >= 11 is 6.07. The molecule has 3 aliphatic rings. The number of benzene rings is 1. The second kappa shape index (κ2) is 7.61. The van der Waals surface area contributed by atoms with Crippen molar-refractivity contribution in [1.82, 2.24) is 10.3 Å². The third-order valence-electron chi connectivity index (χ3n) is 8.39. The third kappa shape index (κ3) is 3.48. The summed E-state index contributed by atoms with van der Waals surface area (Å²) in [4.78, 5) is 13.2. The number of hydrogen-bond acceptors (Lipinski definition) is 2. The Morgan fingerprint density at radius 2 is 2.00 bits per heavy atom. The number of carbonyl (C=O) groups is 1. The number of rotatable bonds is 5. The molecule has 2 saturated carbocycles. The van der Waals surface area contributed by atoms with Crippen molar-refractivity contribution >= 4 is 23.3 Å². The van der Waals surface area contributed by atoms with Gasteiger partial charge in [-0.25, -0.2) is 9.80 Å². The Labute approximate surface area is 180 Å². The van der Waals surface area contributed by atoms with Gasteiger partial charge in [-0.05, 0) is 66.5 Å². The number of hydrogen-bond donors (Lipinski definition) is 1. The van der Waals surface area contributed by atoms with Crippen molar-refractivity contribution < 1.29 is 4.79 Å². The maximum absolute atomic E-state index is 13.2. The van der Waals surface area contributed by atoms with Gasteiger partial charge in [0.2, 0.25) is 0 Å². The number of unbranched alkanes of at least 4 members (excludes halogenated alkanes) is 1. The molecule has 4 rings (SSSR count). The molecule has 1 heterocycles. The van der Waals surface area contributed by atoms with Crippen LogP contribution in [0.15, 0.2) is 29.4 Å². The lowest BCUT2D eigenvalue weighted by Gasteiger charge is -2.39. The zero-order chi connectivity index (χ0) is 20.8. The normalized spacial score (nSPS) is 32.5. The number of nitrogens with zero attached hydrogens (tertiary/aromatic N) is 2. The molecule has 2 amide bonds. The van der Waals surface area contributed by atoms with Crippen LogP contribution in [0.25, 0.3) is 0 Å². The first-order valence-corrected chi connectivity index (χ1v) is 11.5. The van der Waals surface area contributed by atoms with Crippen LogP contribution >= 0.6 is 11.6 Å². The van der Waals surface area contributed by atoms with Crippen molar-refractivity contribution in [3.05, 3.63) is 34.9 Å². The highest BCUT2D eigenvalue weighted by Gasteiger charge is 2.61. The summed E-state index contributed by atoms with van der Waals surface area (Å²) in [5.74, 6) is 0.874. The number of halogens is 1. The van der Waals surface area contributed by atoms with E-state index >= 15 is 0 Å². The largest absolute Gasteiger partial charge is 0.338 e. The first kappa shape index (κ1) is 20.7. The molecular weight excluding hydrogens is 382 g/mol. The van der Waals surface area contributed by atoms with E-state index in [1.165, 1.54) is 18.4 Å². The van der Waals surface area contributed by atoms with Crippen molar-refractivity contribution in [3.8, 4) is 0 Å². The van der Waals surface area contributed by atoms with Crippen LogP contribution < -0.4 is 5.32 Å². The van der Waals surface area contributed by atoms with Gasteiger partial charge in [0.05, 0.1) is 6.54 Å². The molecule has 4 atom stereocenters. The molecule has 2 aliphatic carbocycles. The number of fused-ring (bicyclic) bond motifs is 2. The van der Waals surface area contributed by atoms with Crippen LogP contribution in [-0.4, -0.2) is 29.3 Å². The van der Waals surface area contributed by atoms with Gasteiger partial charge in [0, 0.05) is 22.7 Å². The van der Waals surface area contributed by atoms with Crippen molar-refractivity contribution in [2.75, 3.05) is 6.54 Å². The molecule has 1 unspecified atom stereocenters. The highest BCUT2D eigenvalue weighted by atomic mass is 35.5. The van der Waals surface area contributed by atoms with Crippen molar-refractivity contribution in [2.45, 2.75) is 78.2 Å². The first-order valence-electron chi connectivity index (χ1n) is 11.2. The van der Waals surface area contributed by atoms with Gasteiger partial charge in [0.25, 0.3) is 0 Å². The lowest BCUT2D eigenvalue weighted by molar-refractivity contribution is 0.118. The summed E-state index contributed by atoms with van der Waals surface area (Å²) in [6, 6.07) is 8.19. The molecular formula is C24H34ClN3O. The van der Waals surface area contributed by atoms with Crippen molar-refractivity contribution in [1.29, 1.82) is 0 Å². The van der Waals surface area contributed by atoms with E-state index in [1.54, 1.807) is 5.01 Å². The van der Waals surface area contributed by atoms with E-state index < -0.39 is 0 Å². The van der Waals surface area contributed by atoms with Crippen molar-refractivity contribution in [3.63, 3.8) is 0 Å². The third-order valence-corrected chi connectivity index (χ3v) is 8.64. The Balaban J connectivity index is 1.49. The quantitative estimate of drug-likeness (QED) is 0.610. The van der Waals surface area contributed by atoms with Gasteiger partial charge in [0.15, 0.2) is 0 Å². The summed E-state index contributed by atoms with van der Waals surface area (Å²) in [6.07, 6.45) is 6.73. The minimum Gasteiger partial charge on any atom is -0.333 e. The molecule has 0 aromatic heterocycles. The molecule has 1 aliphatic heterocycles. The molecule has 158 valence electrons. The number of urea groups is 1. The number of carbonyl (C=O) groups excluding carboxylic acids is 1. The SMILES string of the molecule is CCCCC1=NN(C(=O)N[C@H]2C[C@H]3CC[C@]2(C)C3(C)C)CC1c1ccc(Cl)cc1. The van der Waals surface area contributed by atoms with Crippen LogP contribution in [-0.2, 0) is 0 Å². The molecule has 1 aromatic carbocycles. The smallest absolute Gasteiger partial charge is 0.333 e. The average molecular weight is 416 g/mol. The van der Waals surface area contributed by atoms with E-state index in [0.717, 1.165) is 36.4 Å². The Hall–Kier alpha value is -1.55. The molecule has 0 saturated heterocycles. The molecule has 2 bridgehead atoms. The highest BCUT2D eigenvalue weighted by molar-refractivity contribution is 6.30. The van der Waals surface area contributed by atoms with E-state index in [-0.39, 0.29) is 28.8 Å². The second-order valence-electron chi connectivity index (χ2n) is 9.99. The Morgan fingerprint density at radius 3 is 2.59 bits per heavy atom. The lowest BCUT2D eigenvalue weighted by Crippen LogP contribution is -2.50. The molecule has 0 radical (unpaired) electrons. The van der Waals surface area contributed by atoms with Gasteiger partial charge >= 0.3 is 6.03 Å². The summed E-state index contributed by atoms with van der Waals surface area (Å²) < 4.78 is 0. The summed E-state index contributed by atoms with van der Waals surface area (Å²) in [5.41, 5.74) is 2.77. The van der Waals surface area contributed by atoms with E-state index in [2.05, 4.69) is 45.1 Å². The Morgan fingerprint density at radius 1 is 1.28 bits per heavy atom. The Kier molecular flexibility index (Phi) is 5.43. The van der Waals surface area contributed by atoms with Crippen LogP contribution in [0.5, 0.6) is 0 Å². The minimum absolute atomic E-state index is 0.0370. The van der Waals surface area contributed by atoms with Gasteiger partial charge in [-0.15, -0.1) is 0 Å². The molecule has 5 heteroatoms. The molecule has 1 aromatic rings. The molecule has 0 spiro atoms. The summed E-state index contributed by atoms with van der Waals surface area (Å²) in [7, 11) is 0. The zero-order valence-electron chi connectivity index (χ0n) is 18.2. The molecule has 2 fully saturated rings. The Bertz CT molecular complexity index is 803. The number of amides is 2. The minimum atomic E-state index is -0.0370. The van der Waals surface area contributed by atoms with E-state index in [1.807, 2.05) is 12.1 Å². The van der Waals surface area contributed by atoms with E-state index in [0.29, 0.717) is 12.5 Å². The van der Waals surface area contributed by atoms with Crippen molar-refractivity contribution in [2.24, 2.45) is 21.8 Å². The highest BCUT2D eigenvalue weighted by Crippen LogP contribution is 2.65. The number of hydrazone groups is 1. The molecule has 1 N–H and O–H groups in total. The van der Waals surface area contributed by atoms with Gasteiger partial charge in [-0.1, -0.05) is 57.8 Å². The fourth-order valence-electron chi connectivity index (χ4n) is 5.89. The first-order chi connectivity index (χ1) is 13.8. The summed E-state index contributed by atoms with van der Waals surface area (Å²) in [5, 5.41) is 10.5. The zero-order valence-corrected chi connectivity index (χ0v) is 18.9. The predicted octanol–water partition coefficient (Wildman–Crippen LogP) is 6.21. The maximum Gasteiger partial charge on any atom is 0.338 e. The monoisotopic (exact) mass is 415 g/mol.